The topological polar surface area (TPSA) is 74.5 Å². The van der Waals surface area contributed by atoms with Crippen molar-refractivity contribution in [3.8, 4) is 0 Å². The Morgan fingerprint density at radius 3 is 2.68 bits per heavy atom. The van der Waals surface area contributed by atoms with Crippen LogP contribution in [0.15, 0.2) is 18.3 Å². The fourth-order valence-corrected chi connectivity index (χ4v) is 2.03. The minimum atomic E-state index is -0.492. The van der Waals surface area contributed by atoms with Gasteiger partial charge in [0, 0.05) is 45.3 Å². The van der Waals surface area contributed by atoms with E-state index in [-0.39, 0.29) is 5.82 Å². The highest BCUT2D eigenvalue weighted by atomic mass is 16.6. The molecule has 1 fully saturated rings. The van der Waals surface area contributed by atoms with Crippen molar-refractivity contribution < 1.29 is 4.92 Å². The number of hydrogen-bond acceptors (Lipinski definition) is 6. The molecule has 0 atom stereocenters. The number of nitro groups is 1. The summed E-state index contributed by atoms with van der Waals surface area (Å²) < 4.78 is 0. The van der Waals surface area contributed by atoms with Gasteiger partial charge in [-0.05, 0) is 23.0 Å². The van der Waals surface area contributed by atoms with Gasteiger partial charge in [0.15, 0.2) is 6.20 Å². The first-order valence-electron chi connectivity index (χ1n) is 6.40. The first-order valence-corrected chi connectivity index (χ1v) is 6.40. The molecule has 0 bridgehead atoms. The lowest BCUT2D eigenvalue weighted by Crippen LogP contribution is -2.45. The Morgan fingerprint density at radius 1 is 1.37 bits per heavy atom. The van der Waals surface area contributed by atoms with Crippen LogP contribution in [0.25, 0.3) is 0 Å². The zero-order valence-corrected chi connectivity index (χ0v) is 11.1. The van der Waals surface area contributed by atoms with Crippen molar-refractivity contribution in [2.24, 2.45) is 0 Å². The number of piperazine rings is 1. The van der Waals surface area contributed by atoms with Crippen LogP contribution in [0.3, 0.4) is 0 Å². The number of pyridine rings is 1. The minimum absolute atomic E-state index is 0.121. The molecule has 0 amide bonds. The van der Waals surface area contributed by atoms with E-state index in [2.05, 4.69) is 27.1 Å². The van der Waals surface area contributed by atoms with Gasteiger partial charge in [-0.15, -0.1) is 0 Å². The van der Waals surface area contributed by atoms with E-state index in [1.165, 1.54) is 12.3 Å². The third kappa shape index (κ3) is 4.15. The lowest BCUT2D eigenvalue weighted by Gasteiger charge is -2.32. The number of hydrogen-bond donors (Lipinski definition) is 1. The molecule has 19 heavy (non-hydrogen) atoms. The second-order valence-corrected chi connectivity index (χ2v) is 4.73. The van der Waals surface area contributed by atoms with Crippen LogP contribution in [0.4, 0.5) is 11.5 Å². The van der Waals surface area contributed by atoms with Crippen molar-refractivity contribution >= 4 is 11.5 Å². The normalized spacial score (nSPS) is 17.3. The van der Waals surface area contributed by atoms with Crippen molar-refractivity contribution in [1.82, 2.24) is 14.8 Å². The predicted octanol–water partition coefficient (Wildman–Crippen LogP) is 0.649. The summed E-state index contributed by atoms with van der Waals surface area (Å²) >= 11 is 0. The quantitative estimate of drug-likeness (QED) is 0.622. The molecule has 0 aromatic carbocycles. The number of nitrogens with zero attached hydrogens (tertiary/aromatic N) is 4. The van der Waals surface area contributed by atoms with Crippen LogP contribution in [-0.2, 0) is 0 Å². The molecule has 0 unspecified atom stereocenters. The molecular weight excluding hydrogens is 246 g/mol. The van der Waals surface area contributed by atoms with Crippen molar-refractivity contribution in [1.29, 1.82) is 0 Å². The Labute approximate surface area is 112 Å². The Kier molecular flexibility index (Phi) is 4.64. The Morgan fingerprint density at radius 2 is 2.11 bits per heavy atom. The van der Waals surface area contributed by atoms with E-state index in [1.54, 1.807) is 6.07 Å². The molecule has 1 aromatic heterocycles. The van der Waals surface area contributed by atoms with Crippen LogP contribution < -0.4 is 5.32 Å². The third-order valence-corrected chi connectivity index (χ3v) is 3.29. The van der Waals surface area contributed by atoms with Gasteiger partial charge in [-0.2, -0.15) is 0 Å². The summed E-state index contributed by atoms with van der Waals surface area (Å²) in [6.45, 7) is 6.21. The molecule has 0 aliphatic carbocycles. The molecule has 1 saturated heterocycles. The molecule has 1 aromatic rings. The molecule has 1 aliphatic heterocycles. The van der Waals surface area contributed by atoms with Crippen LogP contribution in [0.5, 0.6) is 0 Å². The highest BCUT2D eigenvalue weighted by molar-refractivity contribution is 5.43. The van der Waals surface area contributed by atoms with Crippen LogP contribution in [0.2, 0.25) is 0 Å². The molecule has 0 radical (unpaired) electrons. The molecule has 104 valence electrons. The first-order chi connectivity index (χ1) is 9.15. The van der Waals surface area contributed by atoms with Crippen molar-refractivity contribution in [2.45, 2.75) is 0 Å². The second kappa shape index (κ2) is 6.44. The highest BCUT2D eigenvalue weighted by Crippen LogP contribution is 2.11. The van der Waals surface area contributed by atoms with Gasteiger partial charge in [-0.1, -0.05) is 0 Å². The SMILES string of the molecule is CN1CCN(CCNc2ccc([N+](=O)[O-])nc2)CC1. The average Bonchev–Trinajstić information content (AvgIpc) is 2.41. The largest absolute Gasteiger partial charge is 0.381 e. The molecule has 1 N–H and O–H groups in total. The Balaban J connectivity index is 1.72. The van der Waals surface area contributed by atoms with Crippen molar-refractivity contribution in [3.05, 3.63) is 28.4 Å². The maximum Gasteiger partial charge on any atom is 0.363 e. The molecule has 7 heteroatoms. The summed E-state index contributed by atoms with van der Waals surface area (Å²) in [5, 5.41) is 13.7. The van der Waals surface area contributed by atoms with E-state index < -0.39 is 4.92 Å². The summed E-state index contributed by atoms with van der Waals surface area (Å²) in [6.07, 6.45) is 1.50. The van der Waals surface area contributed by atoms with Gasteiger partial charge >= 0.3 is 5.82 Å². The predicted molar refractivity (Wildman–Crippen MR) is 73.3 cm³/mol. The zero-order chi connectivity index (χ0) is 13.7. The van der Waals surface area contributed by atoms with Crippen LogP contribution in [-0.4, -0.2) is 66.0 Å². The van der Waals surface area contributed by atoms with Crippen LogP contribution >= 0.6 is 0 Å². The first kappa shape index (κ1) is 13.7. The summed E-state index contributed by atoms with van der Waals surface area (Å²) in [6, 6.07) is 3.10. The van der Waals surface area contributed by atoms with E-state index in [9.17, 15) is 10.1 Å². The number of aromatic nitrogens is 1. The summed E-state index contributed by atoms with van der Waals surface area (Å²) in [7, 11) is 2.14. The summed E-state index contributed by atoms with van der Waals surface area (Å²) in [5.41, 5.74) is 0.819. The van der Waals surface area contributed by atoms with Gasteiger partial charge in [0.05, 0.1) is 5.69 Å². The zero-order valence-electron chi connectivity index (χ0n) is 11.1. The van der Waals surface area contributed by atoms with E-state index in [4.69, 9.17) is 0 Å². The lowest BCUT2D eigenvalue weighted by atomic mass is 10.3. The molecule has 2 heterocycles. The lowest BCUT2D eigenvalue weighted by molar-refractivity contribution is -0.389. The maximum atomic E-state index is 10.5. The van der Waals surface area contributed by atoms with E-state index in [0.717, 1.165) is 45.0 Å². The van der Waals surface area contributed by atoms with Gasteiger partial charge in [-0.3, -0.25) is 4.90 Å². The monoisotopic (exact) mass is 265 g/mol. The van der Waals surface area contributed by atoms with E-state index in [1.807, 2.05) is 0 Å². The summed E-state index contributed by atoms with van der Waals surface area (Å²) in [5.74, 6) is -0.121. The molecule has 1 aliphatic rings. The van der Waals surface area contributed by atoms with E-state index in [0.29, 0.717) is 0 Å². The number of likely N-dealkylation sites (N-methyl/N-ethyl adjacent to an activating group) is 1. The molecule has 0 spiro atoms. The van der Waals surface area contributed by atoms with Gasteiger partial charge < -0.3 is 20.3 Å². The van der Waals surface area contributed by atoms with Crippen molar-refractivity contribution in [3.63, 3.8) is 0 Å². The Hall–Kier alpha value is -1.73. The average molecular weight is 265 g/mol. The molecule has 7 nitrogen and oxygen atoms in total. The van der Waals surface area contributed by atoms with Crippen LogP contribution in [0.1, 0.15) is 0 Å². The van der Waals surface area contributed by atoms with Crippen molar-refractivity contribution in [2.75, 3.05) is 51.6 Å². The fraction of sp³-hybridized carbons (Fsp3) is 0.583. The molecule has 0 saturated carbocycles. The minimum Gasteiger partial charge on any atom is -0.381 e. The smallest absolute Gasteiger partial charge is 0.363 e. The van der Waals surface area contributed by atoms with Gasteiger partial charge in [0.2, 0.25) is 0 Å². The Bertz CT molecular complexity index is 415. The summed E-state index contributed by atoms with van der Waals surface area (Å²) in [4.78, 5) is 18.5. The molecular formula is C12H19N5O2. The second-order valence-electron chi connectivity index (χ2n) is 4.73. The van der Waals surface area contributed by atoms with Gasteiger partial charge in [0.25, 0.3) is 0 Å². The van der Waals surface area contributed by atoms with Gasteiger partial charge in [-0.25, -0.2) is 0 Å². The number of anilines is 1. The van der Waals surface area contributed by atoms with Crippen LogP contribution in [0, 0.1) is 10.1 Å². The number of rotatable bonds is 5. The third-order valence-electron chi connectivity index (χ3n) is 3.29. The molecule has 2 rings (SSSR count). The highest BCUT2D eigenvalue weighted by Gasteiger charge is 2.13. The standard InChI is InChI=1S/C12H19N5O2/c1-15-6-8-16(9-7-15)5-4-13-11-2-3-12(14-10-11)17(18)19/h2-3,10,13H,4-9H2,1H3. The number of nitrogens with one attached hydrogen (secondary N) is 1. The van der Waals surface area contributed by atoms with E-state index >= 15 is 0 Å². The fourth-order valence-electron chi connectivity index (χ4n) is 2.03. The van der Waals surface area contributed by atoms with Gasteiger partial charge in [0.1, 0.15) is 0 Å². The maximum absolute atomic E-state index is 10.5.